The van der Waals surface area contributed by atoms with Crippen LogP contribution < -0.4 is 21.5 Å². The normalized spacial score (nSPS) is 14.0. The van der Waals surface area contributed by atoms with E-state index in [-0.39, 0.29) is 12.1 Å². The summed E-state index contributed by atoms with van der Waals surface area (Å²) in [6.07, 6.45) is 2.58. The molecule has 9 heteroatoms. The van der Waals surface area contributed by atoms with Crippen LogP contribution in [0.25, 0.3) is 0 Å². The number of morpholine rings is 1. The summed E-state index contributed by atoms with van der Waals surface area (Å²) in [7, 11) is 0. The number of nitrogens with one attached hydrogen (secondary N) is 2. The molecule has 9 nitrogen and oxygen atoms in total. The van der Waals surface area contributed by atoms with E-state index < -0.39 is 17.2 Å². The number of carbonyl (C=O) groups is 1. The number of aromatic nitrogens is 2. The molecule has 1 amide bonds. The molecular formula is C20H20N4O5. The van der Waals surface area contributed by atoms with Crippen molar-refractivity contribution in [2.24, 2.45) is 0 Å². The summed E-state index contributed by atoms with van der Waals surface area (Å²) in [6.45, 7) is 2.96. The quantitative estimate of drug-likeness (QED) is 0.672. The monoisotopic (exact) mass is 396 g/mol. The number of furan rings is 1. The summed E-state index contributed by atoms with van der Waals surface area (Å²) >= 11 is 0. The number of H-pyrrole nitrogens is 1. The van der Waals surface area contributed by atoms with Gasteiger partial charge >= 0.3 is 5.69 Å². The first-order valence-electron chi connectivity index (χ1n) is 9.21. The van der Waals surface area contributed by atoms with Crippen LogP contribution in [0.15, 0.2) is 62.9 Å². The van der Waals surface area contributed by atoms with Gasteiger partial charge in [-0.1, -0.05) is 0 Å². The zero-order valence-electron chi connectivity index (χ0n) is 15.6. The number of rotatable bonds is 5. The number of ether oxygens (including phenoxy) is 1. The van der Waals surface area contributed by atoms with Crippen LogP contribution in [0, 0.1) is 0 Å². The van der Waals surface area contributed by atoms with Gasteiger partial charge in [0.1, 0.15) is 11.3 Å². The number of aromatic amines is 1. The molecule has 2 N–H and O–H groups in total. The highest BCUT2D eigenvalue weighted by Crippen LogP contribution is 2.19. The first kappa shape index (κ1) is 18.8. The van der Waals surface area contributed by atoms with Gasteiger partial charge in [0.2, 0.25) is 0 Å². The lowest BCUT2D eigenvalue weighted by Crippen LogP contribution is -2.39. The molecule has 0 radical (unpaired) electrons. The fourth-order valence-electron chi connectivity index (χ4n) is 3.15. The SMILES string of the molecule is O=C(Nc1ccc(N2CCOCC2)cc1)c1c[nH]c(=O)n(Cc2ccco2)c1=O. The molecule has 1 saturated heterocycles. The van der Waals surface area contributed by atoms with E-state index in [1.54, 1.807) is 24.3 Å². The van der Waals surface area contributed by atoms with E-state index in [2.05, 4.69) is 15.2 Å². The Labute approximate surface area is 165 Å². The molecule has 0 unspecified atom stereocenters. The van der Waals surface area contributed by atoms with E-state index in [9.17, 15) is 14.4 Å². The van der Waals surface area contributed by atoms with Gasteiger partial charge in [0.25, 0.3) is 11.5 Å². The van der Waals surface area contributed by atoms with Crippen molar-refractivity contribution in [1.82, 2.24) is 9.55 Å². The van der Waals surface area contributed by atoms with E-state index in [0.29, 0.717) is 24.7 Å². The van der Waals surface area contributed by atoms with Gasteiger partial charge in [-0.25, -0.2) is 4.79 Å². The minimum absolute atomic E-state index is 0.0590. The van der Waals surface area contributed by atoms with Gasteiger partial charge in [0.05, 0.1) is 26.0 Å². The maximum absolute atomic E-state index is 12.6. The number of benzene rings is 1. The molecule has 1 aliphatic rings. The second-order valence-electron chi connectivity index (χ2n) is 6.58. The summed E-state index contributed by atoms with van der Waals surface area (Å²) in [4.78, 5) is 41.9. The van der Waals surface area contributed by atoms with Crippen molar-refractivity contribution >= 4 is 17.3 Å². The Balaban J connectivity index is 1.51. The van der Waals surface area contributed by atoms with Gasteiger partial charge in [0.15, 0.2) is 0 Å². The zero-order chi connectivity index (χ0) is 20.2. The number of amides is 1. The molecule has 2 aromatic heterocycles. The molecule has 3 aromatic rings. The molecule has 0 atom stereocenters. The van der Waals surface area contributed by atoms with Crippen molar-refractivity contribution < 1.29 is 13.9 Å². The molecule has 0 aliphatic carbocycles. The van der Waals surface area contributed by atoms with Gasteiger partial charge in [-0.15, -0.1) is 0 Å². The van der Waals surface area contributed by atoms with E-state index in [1.807, 2.05) is 12.1 Å². The van der Waals surface area contributed by atoms with E-state index in [4.69, 9.17) is 9.15 Å². The summed E-state index contributed by atoms with van der Waals surface area (Å²) in [6, 6.07) is 10.7. The molecule has 0 bridgehead atoms. The third-order valence-corrected chi connectivity index (χ3v) is 4.70. The maximum atomic E-state index is 12.6. The van der Waals surface area contributed by atoms with Gasteiger partial charge in [0, 0.05) is 30.7 Å². The summed E-state index contributed by atoms with van der Waals surface area (Å²) < 4.78 is 11.5. The predicted molar refractivity (Wildman–Crippen MR) is 107 cm³/mol. The lowest BCUT2D eigenvalue weighted by molar-refractivity contribution is 0.102. The lowest BCUT2D eigenvalue weighted by Gasteiger charge is -2.28. The Bertz CT molecular complexity index is 1090. The highest BCUT2D eigenvalue weighted by Gasteiger charge is 2.16. The summed E-state index contributed by atoms with van der Waals surface area (Å²) in [5.74, 6) is -0.160. The summed E-state index contributed by atoms with van der Waals surface area (Å²) in [5.41, 5.74) is 0.130. The molecule has 1 aromatic carbocycles. The van der Waals surface area contributed by atoms with Gasteiger partial charge in [-0.2, -0.15) is 0 Å². The van der Waals surface area contributed by atoms with E-state index >= 15 is 0 Å². The van der Waals surface area contributed by atoms with Crippen LogP contribution in [0.3, 0.4) is 0 Å². The molecule has 0 saturated carbocycles. The predicted octanol–water partition coefficient (Wildman–Crippen LogP) is 1.27. The fraction of sp³-hybridized carbons (Fsp3) is 0.250. The lowest BCUT2D eigenvalue weighted by atomic mass is 10.2. The first-order chi connectivity index (χ1) is 14.1. The van der Waals surface area contributed by atoms with Crippen LogP contribution in [0.1, 0.15) is 16.1 Å². The average molecular weight is 396 g/mol. The van der Waals surface area contributed by atoms with Crippen molar-refractivity contribution in [3.05, 3.63) is 81.0 Å². The largest absolute Gasteiger partial charge is 0.467 e. The minimum Gasteiger partial charge on any atom is -0.467 e. The molecule has 1 aliphatic heterocycles. The van der Waals surface area contributed by atoms with Crippen LogP contribution in [0.4, 0.5) is 11.4 Å². The van der Waals surface area contributed by atoms with Crippen LogP contribution in [-0.4, -0.2) is 41.8 Å². The Hall–Kier alpha value is -3.59. The van der Waals surface area contributed by atoms with Crippen molar-refractivity contribution in [1.29, 1.82) is 0 Å². The number of nitrogens with zero attached hydrogens (tertiary/aromatic N) is 2. The molecule has 1 fully saturated rings. The van der Waals surface area contributed by atoms with Crippen molar-refractivity contribution in [2.75, 3.05) is 36.5 Å². The Morgan fingerprint density at radius 1 is 1.10 bits per heavy atom. The van der Waals surface area contributed by atoms with Gasteiger partial charge < -0.3 is 24.4 Å². The topological polar surface area (TPSA) is 110 Å². The molecule has 3 heterocycles. The third kappa shape index (κ3) is 4.14. The smallest absolute Gasteiger partial charge is 0.328 e. The number of hydrogen-bond acceptors (Lipinski definition) is 6. The minimum atomic E-state index is -0.687. The number of carbonyl (C=O) groups excluding carboxylic acids is 1. The van der Waals surface area contributed by atoms with Gasteiger partial charge in [-0.3, -0.25) is 14.2 Å². The maximum Gasteiger partial charge on any atom is 0.328 e. The van der Waals surface area contributed by atoms with Crippen LogP contribution in [0.2, 0.25) is 0 Å². The molecule has 29 heavy (non-hydrogen) atoms. The zero-order valence-corrected chi connectivity index (χ0v) is 15.6. The first-order valence-corrected chi connectivity index (χ1v) is 9.21. The molecule has 4 rings (SSSR count). The molecular weight excluding hydrogens is 376 g/mol. The third-order valence-electron chi connectivity index (χ3n) is 4.70. The Morgan fingerprint density at radius 2 is 1.86 bits per heavy atom. The van der Waals surface area contributed by atoms with E-state index in [0.717, 1.165) is 29.5 Å². The number of hydrogen-bond donors (Lipinski definition) is 2. The van der Waals surface area contributed by atoms with Crippen molar-refractivity contribution in [3.8, 4) is 0 Å². The van der Waals surface area contributed by atoms with Gasteiger partial charge in [-0.05, 0) is 36.4 Å². The summed E-state index contributed by atoms with van der Waals surface area (Å²) in [5, 5.41) is 2.69. The molecule has 0 spiro atoms. The second kappa shape index (κ2) is 8.19. The van der Waals surface area contributed by atoms with Crippen molar-refractivity contribution in [2.45, 2.75) is 6.54 Å². The van der Waals surface area contributed by atoms with Crippen LogP contribution in [0.5, 0.6) is 0 Å². The Morgan fingerprint density at radius 3 is 2.55 bits per heavy atom. The van der Waals surface area contributed by atoms with E-state index in [1.165, 1.54) is 6.26 Å². The Kier molecular flexibility index (Phi) is 5.30. The fourth-order valence-corrected chi connectivity index (χ4v) is 3.15. The van der Waals surface area contributed by atoms with Crippen LogP contribution in [-0.2, 0) is 11.3 Å². The number of anilines is 2. The van der Waals surface area contributed by atoms with Crippen molar-refractivity contribution in [3.63, 3.8) is 0 Å². The average Bonchev–Trinajstić information content (AvgIpc) is 3.25. The second-order valence-corrected chi connectivity index (χ2v) is 6.58. The highest BCUT2D eigenvalue weighted by molar-refractivity contribution is 6.03. The standard InChI is InChI=1S/C20H20N4O5/c25-18(22-14-3-5-15(6-4-14)23-7-10-28-11-8-23)17-12-21-20(27)24(19(17)26)13-16-2-1-9-29-16/h1-6,9,12H,7-8,10-11,13H2,(H,21,27)(H,22,25). The molecule has 150 valence electrons. The highest BCUT2D eigenvalue weighted by atomic mass is 16.5. The van der Waals surface area contributed by atoms with Crippen LogP contribution >= 0.6 is 0 Å².